The van der Waals surface area contributed by atoms with Crippen molar-refractivity contribution in [2.45, 2.75) is 36.5 Å². The summed E-state index contributed by atoms with van der Waals surface area (Å²) in [5.41, 5.74) is 4.11. The first-order valence-electron chi connectivity index (χ1n) is 9.95. The Balaban J connectivity index is 1.37. The maximum Gasteiger partial charge on any atom is 0.231 e. The predicted molar refractivity (Wildman–Crippen MR) is 113 cm³/mol. The standard InChI is InChI=1S/C23H27NO3S/c1-24(12-11-16-9-10-22-21(13-16)27-15-23(25)28-22)14-17-5-3-7-19-18(17)6-4-8-20(19)26-2/h4,6,8-10,13,17H,3,5,7,11-12,14-15H2,1-2H3. The predicted octanol–water partition coefficient (Wildman–Crippen LogP) is 4.30. The fourth-order valence-electron chi connectivity index (χ4n) is 4.28. The molecular formula is C23H27NO3S. The maximum absolute atomic E-state index is 11.5. The zero-order valence-corrected chi connectivity index (χ0v) is 17.4. The molecule has 28 heavy (non-hydrogen) atoms. The summed E-state index contributed by atoms with van der Waals surface area (Å²) in [6, 6.07) is 12.7. The zero-order chi connectivity index (χ0) is 19.5. The Morgan fingerprint density at radius 2 is 2.18 bits per heavy atom. The highest BCUT2D eigenvalue weighted by Gasteiger charge is 2.24. The van der Waals surface area contributed by atoms with E-state index in [1.165, 1.54) is 41.3 Å². The average Bonchev–Trinajstić information content (AvgIpc) is 2.72. The molecule has 1 atom stereocenters. The number of rotatable bonds is 6. The third-order valence-electron chi connectivity index (χ3n) is 5.70. The molecule has 5 heteroatoms. The van der Waals surface area contributed by atoms with Crippen LogP contribution in [0.2, 0.25) is 0 Å². The number of hydrogen-bond acceptors (Lipinski definition) is 5. The van der Waals surface area contributed by atoms with Crippen LogP contribution in [0.4, 0.5) is 0 Å². The highest BCUT2D eigenvalue weighted by atomic mass is 32.2. The average molecular weight is 398 g/mol. The van der Waals surface area contributed by atoms with E-state index in [4.69, 9.17) is 9.47 Å². The zero-order valence-electron chi connectivity index (χ0n) is 16.6. The van der Waals surface area contributed by atoms with Crippen LogP contribution in [0.25, 0.3) is 0 Å². The Morgan fingerprint density at radius 1 is 1.29 bits per heavy atom. The van der Waals surface area contributed by atoms with Crippen molar-refractivity contribution in [3.05, 3.63) is 53.1 Å². The van der Waals surface area contributed by atoms with Gasteiger partial charge in [-0.15, -0.1) is 0 Å². The van der Waals surface area contributed by atoms with Crippen LogP contribution in [-0.4, -0.2) is 43.9 Å². The summed E-state index contributed by atoms with van der Waals surface area (Å²) >= 11 is 1.28. The van der Waals surface area contributed by atoms with Gasteiger partial charge < -0.3 is 14.4 Å². The molecule has 0 aromatic heterocycles. The highest BCUT2D eigenvalue weighted by Crippen LogP contribution is 2.37. The molecule has 2 aromatic rings. The van der Waals surface area contributed by atoms with E-state index in [9.17, 15) is 4.79 Å². The van der Waals surface area contributed by atoms with Crippen LogP contribution in [0, 0.1) is 0 Å². The molecule has 1 heterocycles. The van der Waals surface area contributed by atoms with Gasteiger partial charge in [-0.05, 0) is 85.3 Å². The quantitative estimate of drug-likeness (QED) is 0.727. The summed E-state index contributed by atoms with van der Waals surface area (Å²) in [5, 5.41) is 0.0735. The van der Waals surface area contributed by atoms with Gasteiger partial charge >= 0.3 is 0 Å². The maximum atomic E-state index is 11.5. The van der Waals surface area contributed by atoms with E-state index < -0.39 is 0 Å². The van der Waals surface area contributed by atoms with Crippen LogP contribution >= 0.6 is 11.8 Å². The molecule has 1 aliphatic carbocycles. The fraction of sp³-hybridized carbons (Fsp3) is 0.435. The molecule has 148 valence electrons. The molecule has 2 aliphatic rings. The molecule has 4 nitrogen and oxygen atoms in total. The van der Waals surface area contributed by atoms with Crippen molar-refractivity contribution in [2.24, 2.45) is 0 Å². The number of carbonyl (C=O) groups excluding carboxylic acids is 1. The van der Waals surface area contributed by atoms with Gasteiger partial charge in [0.05, 0.1) is 12.0 Å². The van der Waals surface area contributed by atoms with Crippen molar-refractivity contribution < 1.29 is 14.3 Å². The van der Waals surface area contributed by atoms with Gasteiger partial charge in [0.15, 0.2) is 6.61 Å². The van der Waals surface area contributed by atoms with Crippen LogP contribution in [0.1, 0.15) is 35.4 Å². The van der Waals surface area contributed by atoms with Crippen molar-refractivity contribution in [1.82, 2.24) is 4.90 Å². The molecule has 0 N–H and O–H groups in total. The van der Waals surface area contributed by atoms with Crippen LogP contribution in [-0.2, 0) is 17.6 Å². The van der Waals surface area contributed by atoms with Crippen molar-refractivity contribution in [3.8, 4) is 11.5 Å². The Bertz CT molecular complexity index is 867. The molecule has 0 bridgehead atoms. The first-order chi connectivity index (χ1) is 13.6. The first-order valence-corrected chi connectivity index (χ1v) is 10.8. The second-order valence-electron chi connectivity index (χ2n) is 7.67. The number of benzene rings is 2. The van der Waals surface area contributed by atoms with Gasteiger partial charge in [0.2, 0.25) is 5.12 Å². The van der Waals surface area contributed by atoms with Crippen LogP contribution in [0.15, 0.2) is 41.3 Å². The van der Waals surface area contributed by atoms with E-state index in [1.54, 1.807) is 7.11 Å². The van der Waals surface area contributed by atoms with Gasteiger partial charge in [0.25, 0.3) is 0 Å². The molecule has 0 fully saturated rings. The molecule has 4 rings (SSSR count). The van der Waals surface area contributed by atoms with Gasteiger partial charge in [0, 0.05) is 13.1 Å². The molecule has 0 radical (unpaired) electrons. The van der Waals surface area contributed by atoms with Gasteiger partial charge in [-0.2, -0.15) is 0 Å². The number of carbonyl (C=O) groups is 1. The van der Waals surface area contributed by atoms with E-state index in [-0.39, 0.29) is 11.7 Å². The van der Waals surface area contributed by atoms with Gasteiger partial charge in [-0.1, -0.05) is 18.2 Å². The summed E-state index contributed by atoms with van der Waals surface area (Å²) < 4.78 is 11.1. The van der Waals surface area contributed by atoms with E-state index in [2.05, 4.69) is 42.3 Å². The number of methoxy groups -OCH3 is 1. The SMILES string of the molecule is COc1cccc2c1CCCC2CN(C)CCc1ccc2c(c1)OCC(=O)S2. The second-order valence-corrected chi connectivity index (χ2v) is 8.77. The largest absolute Gasteiger partial charge is 0.496 e. The van der Waals surface area contributed by atoms with Crippen molar-refractivity contribution in [2.75, 3.05) is 33.9 Å². The van der Waals surface area contributed by atoms with E-state index in [0.717, 1.165) is 42.3 Å². The van der Waals surface area contributed by atoms with Gasteiger partial charge in [-0.25, -0.2) is 0 Å². The summed E-state index contributed by atoms with van der Waals surface area (Å²) in [5.74, 6) is 2.45. The third kappa shape index (κ3) is 4.20. The van der Waals surface area contributed by atoms with E-state index in [0.29, 0.717) is 5.92 Å². The number of likely N-dealkylation sites (N-methyl/N-ethyl adjacent to an activating group) is 1. The smallest absolute Gasteiger partial charge is 0.231 e. The minimum absolute atomic E-state index is 0.0735. The molecule has 0 amide bonds. The molecule has 0 saturated heterocycles. The lowest BCUT2D eigenvalue weighted by Gasteiger charge is -2.30. The molecule has 1 aliphatic heterocycles. The molecule has 0 spiro atoms. The highest BCUT2D eigenvalue weighted by molar-refractivity contribution is 8.13. The number of thioether (sulfide) groups is 1. The molecule has 1 unspecified atom stereocenters. The van der Waals surface area contributed by atoms with E-state index >= 15 is 0 Å². The van der Waals surface area contributed by atoms with Gasteiger partial charge in [-0.3, -0.25) is 4.79 Å². The Hall–Kier alpha value is -1.98. The number of ether oxygens (including phenoxy) is 2. The monoisotopic (exact) mass is 397 g/mol. The topological polar surface area (TPSA) is 38.8 Å². The Morgan fingerprint density at radius 3 is 3.04 bits per heavy atom. The van der Waals surface area contributed by atoms with Crippen LogP contribution in [0.3, 0.4) is 0 Å². The number of hydrogen-bond donors (Lipinski definition) is 0. The van der Waals surface area contributed by atoms with Crippen LogP contribution in [0.5, 0.6) is 11.5 Å². The Kier molecular flexibility index (Phi) is 5.93. The summed E-state index contributed by atoms with van der Waals surface area (Å²) in [6.45, 7) is 2.23. The summed E-state index contributed by atoms with van der Waals surface area (Å²) in [6.07, 6.45) is 4.56. The normalized spacial score (nSPS) is 18.4. The van der Waals surface area contributed by atoms with E-state index in [1.807, 2.05) is 6.07 Å². The minimum Gasteiger partial charge on any atom is -0.496 e. The summed E-state index contributed by atoms with van der Waals surface area (Å²) in [7, 11) is 3.97. The fourth-order valence-corrected chi connectivity index (χ4v) is 4.99. The number of nitrogens with zero attached hydrogens (tertiary/aromatic N) is 1. The van der Waals surface area contributed by atoms with Crippen molar-refractivity contribution in [1.29, 1.82) is 0 Å². The molecule has 2 aromatic carbocycles. The first kappa shape index (κ1) is 19.3. The molecular weight excluding hydrogens is 370 g/mol. The summed E-state index contributed by atoms with van der Waals surface area (Å²) in [4.78, 5) is 14.8. The lowest BCUT2D eigenvalue weighted by Crippen LogP contribution is -2.28. The van der Waals surface area contributed by atoms with Gasteiger partial charge in [0.1, 0.15) is 11.5 Å². The second kappa shape index (κ2) is 8.58. The lowest BCUT2D eigenvalue weighted by atomic mass is 9.82. The Labute approximate surface area is 171 Å². The molecule has 0 saturated carbocycles. The number of fused-ring (bicyclic) bond motifs is 2. The van der Waals surface area contributed by atoms with Crippen molar-refractivity contribution in [3.63, 3.8) is 0 Å². The van der Waals surface area contributed by atoms with Crippen LogP contribution < -0.4 is 9.47 Å². The van der Waals surface area contributed by atoms with Crippen molar-refractivity contribution >= 4 is 16.9 Å². The third-order valence-corrected chi connectivity index (χ3v) is 6.60. The minimum atomic E-state index is 0.0735. The lowest BCUT2D eigenvalue weighted by molar-refractivity contribution is -0.113.